The predicted octanol–water partition coefficient (Wildman–Crippen LogP) is 7.96. The monoisotopic (exact) mass is 376 g/mol. The van der Waals surface area contributed by atoms with Crippen LogP contribution >= 0.6 is 0 Å². The SMILES string of the molecule is Cc1ccc(C(C)(C)c2ccc(C)c(-c3ccccc3)c2)cc1-c1ccccc1. The zero-order valence-electron chi connectivity index (χ0n) is 17.7. The summed E-state index contributed by atoms with van der Waals surface area (Å²) >= 11 is 0. The standard InChI is InChI=1S/C29H28/c1-21-15-17-25(19-27(21)23-11-7-5-8-12-23)29(3,4)26-18-16-22(2)28(20-26)24-13-9-6-10-14-24/h5-20H,1-4H3. The van der Waals surface area contributed by atoms with E-state index in [2.05, 4.69) is 125 Å². The van der Waals surface area contributed by atoms with Gasteiger partial charge in [-0.05, 0) is 58.4 Å². The van der Waals surface area contributed by atoms with Crippen LogP contribution in [0.3, 0.4) is 0 Å². The first-order chi connectivity index (χ1) is 14.0. The van der Waals surface area contributed by atoms with Crippen molar-refractivity contribution >= 4 is 0 Å². The van der Waals surface area contributed by atoms with Gasteiger partial charge in [0.2, 0.25) is 0 Å². The molecule has 0 saturated heterocycles. The van der Waals surface area contributed by atoms with Gasteiger partial charge in [-0.3, -0.25) is 0 Å². The lowest BCUT2D eigenvalue weighted by atomic mass is 9.76. The third-order valence-electron chi connectivity index (χ3n) is 6.09. The van der Waals surface area contributed by atoms with Gasteiger partial charge in [-0.1, -0.05) is 111 Å². The highest BCUT2D eigenvalue weighted by Gasteiger charge is 2.25. The Kier molecular flexibility index (Phi) is 5.11. The molecule has 29 heavy (non-hydrogen) atoms. The van der Waals surface area contributed by atoms with Gasteiger partial charge in [0.1, 0.15) is 0 Å². The van der Waals surface area contributed by atoms with Crippen LogP contribution in [0.1, 0.15) is 36.1 Å². The molecule has 0 aromatic heterocycles. The number of benzene rings is 4. The summed E-state index contributed by atoms with van der Waals surface area (Å²) < 4.78 is 0. The summed E-state index contributed by atoms with van der Waals surface area (Å²) in [5.41, 5.74) is 10.4. The molecule has 0 heterocycles. The van der Waals surface area contributed by atoms with E-state index in [9.17, 15) is 0 Å². The van der Waals surface area contributed by atoms with E-state index in [1.54, 1.807) is 0 Å². The molecule has 0 unspecified atom stereocenters. The van der Waals surface area contributed by atoms with E-state index in [1.807, 2.05) is 0 Å². The summed E-state index contributed by atoms with van der Waals surface area (Å²) in [6.45, 7) is 9.04. The zero-order valence-corrected chi connectivity index (χ0v) is 17.7. The van der Waals surface area contributed by atoms with Gasteiger partial charge >= 0.3 is 0 Å². The molecule has 0 fully saturated rings. The average Bonchev–Trinajstić information content (AvgIpc) is 2.75. The molecule has 4 rings (SSSR count). The molecule has 0 saturated carbocycles. The van der Waals surface area contributed by atoms with Crippen molar-refractivity contribution in [2.45, 2.75) is 33.1 Å². The van der Waals surface area contributed by atoms with E-state index in [0.29, 0.717) is 0 Å². The Morgan fingerprint density at radius 2 is 0.862 bits per heavy atom. The fourth-order valence-electron chi connectivity index (χ4n) is 4.05. The van der Waals surface area contributed by atoms with Crippen molar-refractivity contribution in [3.63, 3.8) is 0 Å². The topological polar surface area (TPSA) is 0 Å². The fraction of sp³-hybridized carbons (Fsp3) is 0.172. The summed E-state index contributed by atoms with van der Waals surface area (Å²) in [4.78, 5) is 0. The molecular formula is C29H28. The van der Waals surface area contributed by atoms with Crippen molar-refractivity contribution in [3.8, 4) is 22.3 Å². The van der Waals surface area contributed by atoms with Crippen LogP contribution in [-0.4, -0.2) is 0 Å². The molecule has 0 amide bonds. The molecule has 4 aromatic rings. The van der Waals surface area contributed by atoms with Gasteiger partial charge in [-0.15, -0.1) is 0 Å². The Morgan fingerprint density at radius 1 is 0.483 bits per heavy atom. The van der Waals surface area contributed by atoms with E-state index in [4.69, 9.17) is 0 Å². The van der Waals surface area contributed by atoms with Gasteiger partial charge in [0, 0.05) is 5.41 Å². The van der Waals surface area contributed by atoms with E-state index in [0.717, 1.165) is 0 Å². The molecule has 0 aliphatic rings. The van der Waals surface area contributed by atoms with Crippen molar-refractivity contribution < 1.29 is 0 Å². The molecule has 0 atom stereocenters. The molecule has 0 radical (unpaired) electrons. The summed E-state index contributed by atoms with van der Waals surface area (Å²) in [5, 5.41) is 0. The Morgan fingerprint density at radius 3 is 1.24 bits per heavy atom. The lowest BCUT2D eigenvalue weighted by molar-refractivity contribution is 0.641. The van der Waals surface area contributed by atoms with Gasteiger partial charge in [0.25, 0.3) is 0 Å². The quantitative estimate of drug-likeness (QED) is 0.339. The van der Waals surface area contributed by atoms with Gasteiger partial charge in [-0.2, -0.15) is 0 Å². The molecular weight excluding hydrogens is 348 g/mol. The molecule has 0 aliphatic carbocycles. The number of rotatable bonds is 4. The second kappa shape index (κ2) is 7.72. The Bertz CT molecular complexity index is 1030. The average molecular weight is 377 g/mol. The number of hydrogen-bond acceptors (Lipinski definition) is 0. The van der Waals surface area contributed by atoms with Crippen LogP contribution in [0, 0.1) is 13.8 Å². The summed E-state index contributed by atoms with van der Waals surface area (Å²) in [7, 11) is 0. The summed E-state index contributed by atoms with van der Waals surface area (Å²) in [6, 6.07) is 35.2. The van der Waals surface area contributed by atoms with Gasteiger partial charge in [0.15, 0.2) is 0 Å². The van der Waals surface area contributed by atoms with Gasteiger partial charge in [-0.25, -0.2) is 0 Å². The Labute approximate surface area is 174 Å². The summed E-state index contributed by atoms with van der Waals surface area (Å²) in [5.74, 6) is 0. The molecule has 0 spiro atoms. The second-order valence-electron chi connectivity index (χ2n) is 8.42. The first-order valence-electron chi connectivity index (χ1n) is 10.3. The maximum atomic E-state index is 2.37. The van der Waals surface area contributed by atoms with Crippen molar-refractivity contribution in [2.24, 2.45) is 0 Å². The summed E-state index contributed by atoms with van der Waals surface area (Å²) in [6.07, 6.45) is 0. The molecule has 0 aliphatic heterocycles. The first kappa shape index (κ1) is 19.2. The lowest BCUT2D eigenvalue weighted by Crippen LogP contribution is -2.19. The maximum absolute atomic E-state index is 2.37. The van der Waals surface area contributed by atoms with Crippen LogP contribution in [0.2, 0.25) is 0 Å². The zero-order chi connectivity index (χ0) is 20.4. The van der Waals surface area contributed by atoms with Crippen LogP contribution in [-0.2, 0) is 5.41 Å². The molecule has 4 aromatic carbocycles. The van der Waals surface area contributed by atoms with Crippen LogP contribution in [0.5, 0.6) is 0 Å². The number of aryl methyl sites for hydroxylation is 2. The van der Waals surface area contributed by atoms with Crippen LogP contribution in [0.4, 0.5) is 0 Å². The third-order valence-corrected chi connectivity index (χ3v) is 6.09. The highest BCUT2D eigenvalue weighted by molar-refractivity contribution is 5.70. The van der Waals surface area contributed by atoms with Crippen LogP contribution < -0.4 is 0 Å². The molecule has 0 nitrogen and oxygen atoms in total. The minimum atomic E-state index is -0.0888. The minimum Gasteiger partial charge on any atom is -0.0622 e. The third kappa shape index (κ3) is 3.76. The van der Waals surface area contributed by atoms with Crippen LogP contribution in [0.25, 0.3) is 22.3 Å². The van der Waals surface area contributed by atoms with Gasteiger partial charge in [0.05, 0.1) is 0 Å². The predicted molar refractivity (Wildman–Crippen MR) is 125 cm³/mol. The van der Waals surface area contributed by atoms with Crippen molar-refractivity contribution in [2.75, 3.05) is 0 Å². The fourth-order valence-corrected chi connectivity index (χ4v) is 4.05. The maximum Gasteiger partial charge on any atom is 0.0147 e. The smallest absolute Gasteiger partial charge is 0.0147 e. The highest BCUT2D eigenvalue weighted by atomic mass is 14.3. The van der Waals surface area contributed by atoms with Crippen molar-refractivity contribution in [1.29, 1.82) is 0 Å². The van der Waals surface area contributed by atoms with Crippen LogP contribution in [0.15, 0.2) is 97.1 Å². The van der Waals surface area contributed by atoms with E-state index in [1.165, 1.54) is 44.5 Å². The van der Waals surface area contributed by atoms with E-state index >= 15 is 0 Å². The molecule has 0 heteroatoms. The molecule has 0 bridgehead atoms. The Hall–Kier alpha value is -3.12. The number of hydrogen-bond donors (Lipinski definition) is 0. The lowest BCUT2D eigenvalue weighted by Gasteiger charge is -2.28. The molecule has 0 N–H and O–H groups in total. The largest absolute Gasteiger partial charge is 0.0622 e. The van der Waals surface area contributed by atoms with E-state index < -0.39 is 0 Å². The minimum absolute atomic E-state index is 0.0888. The van der Waals surface area contributed by atoms with Crippen molar-refractivity contribution in [3.05, 3.63) is 119 Å². The highest BCUT2D eigenvalue weighted by Crippen LogP contribution is 2.37. The van der Waals surface area contributed by atoms with Crippen molar-refractivity contribution in [1.82, 2.24) is 0 Å². The van der Waals surface area contributed by atoms with E-state index in [-0.39, 0.29) is 5.41 Å². The van der Waals surface area contributed by atoms with Gasteiger partial charge < -0.3 is 0 Å². The second-order valence-corrected chi connectivity index (χ2v) is 8.42. The Balaban J connectivity index is 1.80. The first-order valence-corrected chi connectivity index (χ1v) is 10.3. The normalized spacial score (nSPS) is 11.4. The molecule has 144 valence electrons.